The van der Waals surface area contributed by atoms with E-state index >= 15 is 0 Å². The van der Waals surface area contributed by atoms with E-state index in [1.54, 1.807) is 6.92 Å². The van der Waals surface area contributed by atoms with Gasteiger partial charge in [0.25, 0.3) is 0 Å². The third kappa shape index (κ3) is 4.89. The SMILES string of the molecule is CCCC(NC(=O)N1CCOCC1C(=O)NCC)C(=O)O. The fraction of sp³-hybridized carbons (Fsp3) is 0.769. The summed E-state index contributed by atoms with van der Waals surface area (Å²) >= 11 is 0. The van der Waals surface area contributed by atoms with E-state index in [0.29, 0.717) is 26.0 Å². The number of ether oxygens (including phenoxy) is 1. The molecule has 3 N–H and O–H groups in total. The number of nitrogens with one attached hydrogen (secondary N) is 2. The number of hydrogen-bond donors (Lipinski definition) is 3. The molecule has 8 nitrogen and oxygen atoms in total. The number of carbonyl (C=O) groups is 3. The van der Waals surface area contributed by atoms with Crippen molar-refractivity contribution in [3.05, 3.63) is 0 Å². The maximum absolute atomic E-state index is 12.2. The Labute approximate surface area is 123 Å². The highest BCUT2D eigenvalue weighted by Gasteiger charge is 2.34. The Morgan fingerprint density at radius 3 is 2.67 bits per heavy atom. The molecule has 0 aromatic heterocycles. The van der Waals surface area contributed by atoms with Gasteiger partial charge in [0.05, 0.1) is 13.2 Å². The molecule has 21 heavy (non-hydrogen) atoms. The van der Waals surface area contributed by atoms with Gasteiger partial charge in [-0.2, -0.15) is 0 Å². The van der Waals surface area contributed by atoms with Crippen LogP contribution in [-0.2, 0) is 14.3 Å². The molecule has 2 unspecified atom stereocenters. The summed E-state index contributed by atoms with van der Waals surface area (Å²) < 4.78 is 5.23. The first kappa shape index (κ1) is 17.2. The molecule has 1 heterocycles. The average Bonchev–Trinajstić information content (AvgIpc) is 2.46. The molecule has 0 radical (unpaired) electrons. The molecule has 0 aromatic rings. The molecule has 1 rings (SSSR count). The Hall–Kier alpha value is -1.83. The Morgan fingerprint density at radius 1 is 1.38 bits per heavy atom. The first-order chi connectivity index (χ1) is 10.0. The van der Waals surface area contributed by atoms with Crippen molar-refractivity contribution < 1.29 is 24.2 Å². The van der Waals surface area contributed by atoms with Gasteiger partial charge in [0, 0.05) is 13.1 Å². The molecule has 2 atom stereocenters. The molecule has 1 fully saturated rings. The zero-order valence-corrected chi connectivity index (χ0v) is 12.4. The van der Waals surface area contributed by atoms with Crippen LogP contribution in [0.1, 0.15) is 26.7 Å². The van der Waals surface area contributed by atoms with Crippen LogP contribution in [0.25, 0.3) is 0 Å². The number of morpholine rings is 1. The van der Waals surface area contributed by atoms with E-state index in [-0.39, 0.29) is 19.1 Å². The fourth-order valence-corrected chi connectivity index (χ4v) is 2.13. The average molecular weight is 301 g/mol. The predicted octanol–water partition coefficient (Wildman–Crippen LogP) is -0.214. The predicted molar refractivity (Wildman–Crippen MR) is 74.9 cm³/mol. The molecule has 3 amide bonds. The molecule has 1 saturated heterocycles. The lowest BCUT2D eigenvalue weighted by Gasteiger charge is -2.35. The highest BCUT2D eigenvalue weighted by atomic mass is 16.5. The minimum absolute atomic E-state index is 0.116. The number of likely N-dealkylation sites (N-methyl/N-ethyl adjacent to an activating group) is 1. The molecule has 0 aromatic carbocycles. The van der Waals surface area contributed by atoms with Crippen molar-refractivity contribution in [1.82, 2.24) is 15.5 Å². The summed E-state index contributed by atoms with van der Waals surface area (Å²) in [5, 5.41) is 14.2. The number of aliphatic carboxylic acids is 1. The van der Waals surface area contributed by atoms with Crippen LogP contribution in [0.3, 0.4) is 0 Å². The summed E-state index contributed by atoms with van der Waals surface area (Å²) in [6, 6.07) is -2.22. The van der Waals surface area contributed by atoms with Crippen molar-refractivity contribution in [2.75, 3.05) is 26.3 Å². The maximum Gasteiger partial charge on any atom is 0.326 e. The molecular formula is C13H23N3O5. The van der Waals surface area contributed by atoms with Gasteiger partial charge in [-0.05, 0) is 13.3 Å². The van der Waals surface area contributed by atoms with Crippen LogP contribution in [-0.4, -0.2) is 66.3 Å². The van der Waals surface area contributed by atoms with Crippen molar-refractivity contribution in [2.45, 2.75) is 38.8 Å². The monoisotopic (exact) mass is 301 g/mol. The number of amides is 3. The third-order valence-corrected chi connectivity index (χ3v) is 3.22. The molecule has 0 bridgehead atoms. The first-order valence-corrected chi connectivity index (χ1v) is 7.16. The van der Waals surface area contributed by atoms with Crippen LogP contribution in [0, 0.1) is 0 Å². The number of hydrogen-bond acceptors (Lipinski definition) is 4. The molecule has 0 spiro atoms. The van der Waals surface area contributed by atoms with Crippen LogP contribution < -0.4 is 10.6 Å². The molecule has 1 aliphatic rings. The molecule has 1 aliphatic heterocycles. The van der Waals surface area contributed by atoms with Gasteiger partial charge >= 0.3 is 12.0 Å². The van der Waals surface area contributed by atoms with Gasteiger partial charge in [-0.3, -0.25) is 4.79 Å². The zero-order chi connectivity index (χ0) is 15.8. The van der Waals surface area contributed by atoms with Gasteiger partial charge in [-0.1, -0.05) is 13.3 Å². The second-order valence-corrected chi connectivity index (χ2v) is 4.81. The Bertz CT molecular complexity index is 388. The minimum atomic E-state index is -1.08. The lowest BCUT2D eigenvalue weighted by Crippen LogP contribution is -2.60. The van der Waals surface area contributed by atoms with Crippen molar-refractivity contribution >= 4 is 17.9 Å². The molecular weight excluding hydrogens is 278 g/mol. The number of nitrogens with zero attached hydrogens (tertiary/aromatic N) is 1. The standard InChI is InChI=1S/C13H23N3O5/c1-3-5-9(12(18)19)15-13(20)16-6-7-21-8-10(16)11(17)14-4-2/h9-10H,3-8H2,1-2H3,(H,14,17)(H,15,20)(H,18,19). The summed E-state index contributed by atoms with van der Waals surface area (Å²) in [5.74, 6) is -1.37. The highest BCUT2D eigenvalue weighted by molar-refractivity contribution is 5.89. The summed E-state index contributed by atoms with van der Waals surface area (Å²) in [6.07, 6.45) is 0.983. The first-order valence-electron chi connectivity index (χ1n) is 7.16. The van der Waals surface area contributed by atoms with Gasteiger partial charge in [0.2, 0.25) is 5.91 Å². The Morgan fingerprint density at radius 2 is 2.10 bits per heavy atom. The van der Waals surface area contributed by atoms with E-state index in [1.165, 1.54) is 4.90 Å². The maximum atomic E-state index is 12.2. The van der Waals surface area contributed by atoms with E-state index in [9.17, 15) is 14.4 Å². The van der Waals surface area contributed by atoms with Crippen LogP contribution in [0.2, 0.25) is 0 Å². The minimum Gasteiger partial charge on any atom is -0.480 e. The van der Waals surface area contributed by atoms with Gasteiger partial charge < -0.3 is 25.4 Å². The van der Waals surface area contributed by atoms with Gasteiger partial charge in [0.1, 0.15) is 12.1 Å². The lowest BCUT2D eigenvalue weighted by atomic mass is 10.1. The number of rotatable bonds is 6. The van der Waals surface area contributed by atoms with Crippen LogP contribution in [0.5, 0.6) is 0 Å². The van der Waals surface area contributed by atoms with Crippen molar-refractivity contribution in [1.29, 1.82) is 0 Å². The van der Waals surface area contributed by atoms with Crippen LogP contribution in [0.4, 0.5) is 4.79 Å². The van der Waals surface area contributed by atoms with E-state index in [2.05, 4.69) is 10.6 Å². The molecule has 120 valence electrons. The third-order valence-electron chi connectivity index (χ3n) is 3.22. The van der Waals surface area contributed by atoms with Crippen LogP contribution in [0.15, 0.2) is 0 Å². The molecule has 8 heteroatoms. The van der Waals surface area contributed by atoms with Crippen molar-refractivity contribution in [3.8, 4) is 0 Å². The van der Waals surface area contributed by atoms with E-state index in [4.69, 9.17) is 9.84 Å². The molecule has 0 aliphatic carbocycles. The van der Waals surface area contributed by atoms with Gasteiger partial charge in [-0.15, -0.1) is 0 Å². The smallest absolute Gasteiger partial charge is 0.326 e. The lowest BCUT2D eigenvalue weighted by molar-refractivity contribution is -0.139. The van der Waals surface area contributed by atoms with Crippen LogP contribution >= 0.6 is 0 Å². The highest BCUT2D eigenvalue weighted by Crippen LogP contribution is 2.09. The van der Waals surface area contributed by atoms with Gasteiger partial charge in [-0.25, -0.2) is 9.59 Å². The molecule has 0 saturated carbocycles. The topological polar surface area (TPSA) is 108 Å². The number of carboxylic acids is 1. The van der Waals surface area contributed by atoms with Crippen molar-refractivity contribution in [3.63, 3.8) is 0 Å². The largest absolute Gasteiger partial charge is 0.480 e. The zero-order valence-electron chi connectivity index (χ0n) is 12.4. The van der Waals surface area contributed by atoms with E-state index < -0.39 is 24.1 Å². The fourth-order valence-electron chi connectivity index (χ4n) is 2.13. The summed E-state index contributed by atoms with van der Waals surface area (Å²) in [4.78, 5) is 36.6. The normalized spacial score (nSPS) is 19.7. The Balaban J connectivity index is 2.72. The summed E-state index contributed by atoms with van der Waals surface area (Å²) in [5.41, 5.74) is 0. The Kier molecular flexibility index (Phi) is 6.93. The van der Waals surface area contributed by atoms with Crippen molar-refractivity contribution in [2.24, 2.45) is 0 Å². The summed E-state index contributed by atoms with van der Waals surface area (Å²) in [7, 11) is 0. The van der Waals surface area contributed by atoms with Gasteiger partial charge in [0.15, 0.2) is 0 Å². The second-order valence-electron chi connectivity index (χ2n) is 4.81. The number of carboxylic acid groups (broad SMARTS) is 1. The summed E-state index contributed by atoms with van der Waals surface area (Å²) in [6.45, 7) is 4.78. The van der Waals surface area contributed by atoms with E-state index in [1.807, 2.05) is 6.92 Å². The number of urea groups is 1. The number of carbonyl (C=O) groups excluding carboxylic acids is 2. The van der Waals surface area contributed by atoms with E-state index in [0.717, 1.165) is 0 Å². The second kappa shape index (κ2) is 8.46. The quantitative estimate of drug-likeness (QED) is 0.629.